The molecule has 0 saturated heterocycles. The zero-order valence-corrected chi connectivity index (χ0v) is 15.5. The Bertz CT molecular complexity index is 929. The SMILES string of the molecule is CC(C)(C)c1ccc(/C=N\NC(=O)Cc2cccc3ccccc23)cc1. The van der Waals surface area contributed by atoms with Crippen molar-refractivity contribution in [2.45, 2.75) is 32.6 Å². The van der Waals surface area contributed by atoms with Crippen LogP contribution in [-0.2, 0) is 16.6 Å². The van der Waals surface area contributed by atoms with Gasteiger partial charge in [0, 0.05) is 0 Å². The predicted molar refractivity (Wildman–Crippen MR) is 109 cm³/mol. The third kappa shape index (κ3) is 4.37. The highest BCUT2D eigenvalue weighted by molar-refractivity contribution is 5.90. The van der Waals surface area contributed by atoms with Crippen molar-refractivity contribution >= 4 is 22.9 Å². The maximum absolute atomic E-state index is 12.2. The molecule has 0 bridgehead atoms. The first-order chi connectivity index (χ1) is 12.4. The highest BCUT2D eigenvalue weighted by atomic mass is 16.2. The molecule has 3 heteroatoms. The predicted octanol–water partition coefficient (Wildman–Crippen LogP) is 4.83. The molecule has 26 heavy (non-hydrogen) atoms. The van der Waals surface area contributed by atoms with Gasteiger partial charge in [-0.25, -0.2) is 5.43 Å². The quantitative estimate of drug-likeness (QED) is 0.534. The first-order valence-electron chi connectivity index (χ1n) is 8.82. The van der Waals surface area contributed by atoms with Crippen LogP contribution in [0.1, 0.15) is 37.5 Å². The lowest BCUT2D eigenvalue weighted by molar-refractivity contribution is -0.120. The van der Waals surface area contributed by atoms with Crippen LogP contribution < -0.4 is 5.43 Å². The molecule has 0 saturated carbocycles. The zero-order chi connectivity index (χ0) is 18.6. The molecular weight excluding hydrogens is 320 g/mol. The van der Waals surface area contributed by atoms with Crippen LogP contribution in [0.25, 0.3) is 10.8 Å². The van der Waals surface area contributed by atoms with Gasteiger partial charge < -0.3 is 0 Å². The van der Waals surface area contributed by atoms with Crippen molar-refractivity contribution in [2.75, 3.05) is 0 Å². The average molecular weight is 344 g/mol. The number of carbonyl (C=O) groups excluding carboxylic acids is 1. The van der Waals surface area contributed by atoms with E-state index in [2.05, 4.69) is 55.6 Å². The van der Waals surface area contributed by atoms with Gasteiger partial charge in [-0.3, -0.25) is 4.79 Å². The molecule has 3 aromatic carbocycles. The molecule has 3 rings (SSSR count). The summed E-state index contributed by atoms with van der Waals surface area (Å²) in [4.78, 5) is 12.2. The number of fused-ring (bicyclic) bond motifs is 1. The summed E-state index contributed by atoms with van der Waals surface area (Å²) in [5, 5.41) is 6.33. The average Bonchev–Trinajstić information content (AvgIpc) is 2.62. The van der Waals surface area contributed by atoms with Crippen LogP contribution in [0, 0.1) is 0 Å². The molecule has 1 amide bonds. The van der Waals surface area contributed by atoms with E-state index in [9.17, 15) is 4.79 Å². The number of hydrogen-bond donors (Lipinski definition) is 1. The van der Waals surface area contributed by atoms with E-state index in [1.165, 1.54) is 5.56 Å². The Labute approximate surface area is 154 Å². The van der Waals surface area contributed by atoms with Gasteiger partial charge in [-0.15, -0.1) is 0 Å². The number of benzene rings is 3. The van der Waals surface area contributed by atoms with Gasteiger partial charge in [0.25, 0.3) is 0 Å². The van der Waals surface area contributed by atoms with Crippen LogP contribution in [0.2, 0.25) is 0 Å². The standard InChI is InChI=1S/C23H24N2O/c1-23(2,3)20-13-11-17(12-14-20)16-24-25-22(26)15-19-9-6-8-18-7-4-5-10-21(18)19/h4-14,16H,15H2,1-3H3,(H,25,26)/b24-16-. The molecule has 0 heterocycles. The van der Waals surface area contributed by atoms with Crippen molar-refractivity contribution in [3.05, 3.63) is 83.4 Å². The zero-order valence-electron chi connectivity index (χ0n) is 15.5. The summed E-state index contributed by atoms with van der Waals surface area (Å²) in [6.07, 6.45) is 1.98. The molecule has 0 fully saturated rings. The van der Waals surface area contributed by atoms with Crippen LogP contribution in [-0.4, -0.2) is 12.1 Å². The van der Waals surface area contributed by atoms with E-state index in [-0.39, 0.29) is 11.3 Å². The lowest BCUT2D eigenvalue weighted by atomic mass is 9.87. The molecule has 0 aromatic heterocycles. The minimum atomic E-state index is -0.121. The molecule has 3 nitrogen and oxygen atoms in total. The largest absolute Gasteiger partial charge is 0.273 e. The van der Waals surface area contributed by atoms with Crippen LogP contribution in [0.3, 0.4) is 0 Å². The molecule has 0 aliphatic rings. The Morgan fingerprint density at radius 1 is 0.962 bits per heavy atom. The molecule has 0 atom stereocenters. The summed E-state index contributed by atoms with van der Waals surface area (Å²) in [6.45, 7) is 6.55. The molecule has 0 unspecified atom stereocenters. The first kappa shape index (κ1) is 17.9. The van der Waals surface area contributed by atoms with Gasteiger partial charge in [-0.1, -0.05) is 87.5 Å². The molecule has 1 N–H and O–H groups in total. The van der Waals surface area contributed by atoms with Crippen molar-refractivity contribution in [3.63, 3.8) is 0 Å². The number of rotatable bonds is 4. The van der Waals surface area contributed by atoms with Crippen LogP contribution in [0.15, 0.2) is 71.8 Å². The molecule has 132 valence electrons. The summed E-state index contributed by atoms with van der Waals surface area (Å²) in [5.74, 6) is -0.121. The van der Waals surface area contributed by atoms with Crippen molar-refractivity contribution in [1.82, 2.24) is 5.43 Å². The van der Waals surface area contributed by atoms with Gasteiger partial charge in [-0.2, -0.15) is 5.10 Å². The maximum atomic E-state index is 12.2. The Kier molecular flexibility index (Phi) is 5.17. The van der Waals surface area contributed by atoms with Gasteiger partial charge in [-0.05, 0) is 32.9 Å². The second kappa shape index (κ2) is 7.52. The number of nitrogens with zero attached hydrogens (tertiary/aromatic N) is 1. The van der Waals surface area contributed by atoms with E-state index < -0.39 is 0 Å². The number of amides is 1. The Morgan fingerprint density at radius 2 is 1.65 bits per heavy atom. The van der Waals surface area contributed by atoms with E-state index in [0.717, 1.165) is 21.9 Å². The third-order valence-electron chi connectivity index (χ3n) is 4.41. The van der Waals surface area contributed by atoms with Crippen LogP contribution in [0.4, 0.5) is 0 Å². The second-order valence-electron chi connectivity index (χ2n) is 7.48. The number of hydrazone groups is 1. The van der Waals surface area contributed by atoms with E-state index in [0.29, 0.717) is 6.42 Å². The van der Waals surface area contributed by atoms with E-state index in [1.54, 1.807) is 6.21 Å². The van der Waals surface area contributed by atoms with Gasteiger partial charge in [0.1, 0.15) is 0 Å². The third-order valence-corrected chi connectivity index (χ3v) is 4.41. The summed E-state index contributed by atoms with van der Waals surface area (Å²) in [5.41, 5.74) is 5.99. The monoisotopic (exact) mass is 344 g/mol. The highest BCUT2D eigenvalue weighted by Crippen LogP contribution is 2.22. The Morgan fingerprint density at radius 3 is 2.38 bits per heavy atom. The second-order valence-corrected chi connectivity index (χ2v) is 7.48. The van der Waals surface area contributed by atoms with Crippen molar-refractivity contribution < 1.29 is 4.79 Å². The summed E-state index contributed by atoms with van der Waals surface area (Å²) in [6, 6.07) is 22.3. The lowest BCUT2D eigenvalue weighted by Crippen LogP contribution is -2.19. The van der Waals surface area contributed by atoms with Crippen molar-refractivity contribution in [2.24, 2.45) is 5.10 Å². The van der Waals surface area contributed by atoms with Crippen molar-refractivity contribution in [1.29, 1.82) is 0 Å². The molecule has 0 aliphatic heterocycles. The maximum Gasteiger partial charge on any atom is 0.244 e. The fraction of sp³-hybridized carbons (Fsp3) is 0.217. The van der Waals surface area contributed by atoms with Gasteiger partial charge >= 0.3 is 0 Å². The normalized spacial score (nSPS) is 11.8. The fourth-order valence-electron chi connectivity index (χ4n) is 2.91. The summed E-state index contributed by atoms with van der Waals surface area (Å²) >= 11 is 0. The Balaban J connectivity index is 1.62. The molecule has 3 aromatic rings. The van der Waals surface area contributed by atoms with E-state index in [4.69, 9.17) is 0 Å². The van der Waals surface area contributed by atoms with Gasteiger partial charge in [0.05, 0.1) is 12.6 Å². The molecule has 0 aliphatic carbocycles. The summed E-state index contributed by atoms with van der Waals surface area (Å²) < 4.78 is 0. The summed E-state index contributed by atoms with van der Waals surface area (Å²) in [7, 11) is 0. The van der Waals surface area contributed by atoms with Crippen LogP contribution in [0.5, 0.6) is 0 Å². The Hall–Kier alpha value is -2.94. The highest BCUT2D eigenvalue weighted by Gasteiger charge is 2.12. The minimum absolute atomic E-state index is 0.121. The number of hydrogen-bond acceptors (Lipinski definition) is 2. The molecule has 0 radical (unpaired) electrons. The molecule has 0 spiro atoms. The lowest BCUT2D eigenvalue weighted by Gasteiger charge is -2.18. The molecular formula is C23H24N2O. The first-order valence-corrected chi connectivity index (χ1v) is 8.82. The van der Waals surface area contributed by atoms with E-state index in [1.807, 2.05) is 42.5 Å². The topological polar surface area (TPSA) is 41.5 Å². The number of carbonyl (C=O) groups is 1. The van der Waals surface area contributed by atoms with Gasteiger partial charge in [0.2, 0.25) is 5.91 Å². The number of nitrogens with one attached hydrogen (secondary N) is 1. The van der Waals surface area contributed by atoms with E-state index >= 15 is 0 Å². The fourth-order valence-corrected chi connectivity index (χ4v) is 2.91. The van der Waals surface area contributed by atoms with Crippen LogP contribution >= 0.6 is 0 Å². The smallest absolute Gasteiger partial charge is 0.244 e. The van der Waals surface area contributed by atoms with Crippen molar-refractivity contribution in [3.8, 4) is 0 Å². The minimum Gasteiger partial charge on any atom is -0.273 e. The van der Waals surface area contributed by atoms with Gasteiger partial charge in [0.15, 0.2) is 0 Å².